The molecule has 2 aromatic heterocycles. The summed E-state index contributed by atoms with van der Waals surface area (Å²) in [4.78, 5) is 12.4. The lowest BCUT2D eigenvalue weighted by Gasteiger charge is -2.17. The van der Waals surface area contributed by atoms with E-state index in [0.717, 1.165) is 25.8 Å². The standard InChI is InChI=1S/C13H17ClN6O/c14-11-17-12(15-7-9-3-1-4-10(9)8-21)19-13(18-11)20-6-2-5-16-20/h2,5-6,9-10,21H,1,3-4,7-8H2,(H,15,17,18,19). The average Bonchev–Trinajstić information content (AvgIpc) is 3.15. The predicted octanol–water partition coefficient (Wildman–Crippen LogP) is 1.53. The molecular weight excluding hydrogens is 292 g/mol. The molecule has 2 heterocycles. The minimum Gasteiger partial charge on any atom is -0.396 e. The molecule has 0 spiro atoms. The molecule has 0 saturated heterocycles. The smallest absolute Gasteiger partial charge is 0.256 e. The highest BCUT2D eigenvalue weighted by atomic mass is 35.5. The lowest BCUT2D eigenvalue weighted by molar-refractivity contribution is 0.199. The van der Waals surface area contributed by atoms with Gasteiger partial charge in [-0.25, -0.2) is 4.68 Å². The molecule has 2 unspecified atom stereocenters. The van der Waals surface area contributed by atoms with Crippen molar-refractivity contribution in [3.63, 3.8) is 0 Å². The zero-order valence-corrected chi connectivity index (χ0v) is 12.2. The number of rotatable bonds is 5. The second kappa shape index (κ2) is 6.36. The first-order valence-corrected chi connectivity index (χ1v) is 7.40. The fourth-order valence-electron chi connectivity index (χ4n) is 2.75. The Balaban J connectivity index is 1.71. The van der Waals surface area contributed by atoms with Gasteiger partial charge in [0.1, 0.15) is 0 Å². The summed E-state index contributed by atoms with van der Waals surface area (Å²) in [5.41, 5.74) is 0. The Morgan fingerprint density at radius 3 is 2.90 bits per heavy atom. The predicted molar refractivity (Wildman–Crippen MR) is 78.4 cm³/mol. The molecule has 1 aliphatic carbocycles. The van der Waals surface area contributed by atoms with Crippen LogP contribution in [-0.2, 0) is 0 Å². The van der Waals surface area contributed by atoms with Crippen LogP contribution in [-0.4, -0.2) is 43.0 Å². The lowest BCUT2D eigenvalue weighted by Crippen LogP contribution is -2.22. The van der Waals surface area contributed by atoms with Crippen LogP contribution in [0.4, 0.5) is 5.95 Å². The van der Waals surface area contributed by atoms with E-state index in [1.54, 1.807) is 18.5 Å². The van der Waals surface area contributed by atoms with Gasteiger partial charge in [0.05, 0.1) is 0 Å². The maximum Gasteiger partial charge on any atom is 0.256 e. The Morgan fingerprint density at radius 1 is 1.29 bits per heavy atom. The molecule has 7 nitrogen and oxygen atoms in total. The summed E-state index contributed by atoms with van der Waals surface area (Å²) in [7, 11) is 0. The van der Waals surface area contributed by atoms with E-state index in [0.29, 0.717) is 23.7 Å². The molecule has 0 bridgehead atoms. The Kier molecular flexibility index (Phi) is 4.31. The summed E-state index contributed by atoms with van der Waals surface area (Å²) in [5.74, 6) is 1.62. The fraction of sp³-hybridized carbons (Fsp3) is 0.538. The van der Waals surface area contributed by atoms with Crippen molar-refractivity contribution in [2.45, 2.75) is 19.3 Å². The zero-order valence-electron chi connectivity index (χ0n) is 11.5. The Labute approximate surface area is 127 Å². The van der Waals surface area contributed by atoms with Gasteiger partial charge in [0.15, 0.2) is 0 Å². The number of hydrogen-bond acceptors (Lipinski definition) is 6. The van der Waals surface area contributed by atoms with E-state index in [1.807, 2.05) is 0 Å². The highest BCUT2D eigenvalue weighted by molar-refractivity contribution is 6.28. The molecule has 0 aliphatic heterocycles. The Morgan fingerprint density at radius 2 is 2.14 bits per heavy atom. The van der Waals surface area contributed by atoms with Gasteiger partial charge < -0.3 is 10.4 Å². The van der Waals surface area contributed by atoms with Crippen LogP contribution in [0.2, 0.25) is 5.28 Å². The van der Waals surface area contributed by atoms with Crippen molar-refractivity contribution < 1.29 is 5.11 Å². The molecule has 21 heavy (non-hydrogen) atoms. The van der Waals surface area contributed by atoms with Gasteiger partial charge >= 0.3 is 0 Å². The van der Waals surface area contributed by atoms with Crippen molar-refractivity contribution in [3.8, 4) is 5.95 Å². The van der Waals surface area contributed by atoms with E-state index in [-0.39, 0.29) is 11.9 Å². The zero-order chi connectivity index (χ0) is 14.7. The normalized spacial score (nSPS) is 21.6. The third-order valence-electron chi connectivity index (χ3n) is 3.88. The number of hydrogen-bond donors (Lipinski definition) is 2. The maximum atomic E-state index is 9.35. The van der Waals surface area contributed by atoms with Crippen molar-refractivity contribution >= 4 is 17.5 Å². The number of aromatic nitrogens is 5. The summed E-state index contributed by atoms with van der Waals surface area (Å²) in [6.45, 7) is 0.965. The third-order valence-corrected chi connectivity index (χ3v) is 4.05. The van der Waals surface area contributed by atoms with E-state index < -0.39 is 0 Å². The largest absolute Gasteiger partial charge is 0.396 e. The first-order valence-electron chi connectivity index (χ1n) is 7.02. The molecule has 0 radical (unpaired) electrons. The Hall–Kier alpha value is -1.73. The van der Waals surface area contributed by atoms with E-state index >= 15 is 0 Å². The highest BCUT2D eigenvalue weighted by Gasteiger charge is 2.26. The molecule has 0 aromatic carbocycles. The Bertz CT molecular complexity index is 590. The van der Waals surface area contributed by atoms with Crippen molar-refractivity contribution in [2.24, 2.45) is 11.8 Å². The molecule has 8 heteroatoms. The summed E-state index contributed by atoms with van der Waals surface area (Å²) < 4.78 is 1.53. The molecule has 1 aliphatic rings. The highest BCUT2D eigenvalue weighted by Crippen LogP contribution is 2.31. The third kappa shape index (κ3) is 3.30. The van der Waals surface area contributed by atoms with E-state index in [4.69, 9.17) is 11.6 Å². The van der Waals surface area contributed by atoms with Gasteiger partial charge in [-0.2, -0.15) is 20.1 Å². The molecular formula is C13H17ClN6O. The van der Waals surface area contributed by atoms with Crippen LogP contribution >= 0.6 is 11.6 Å². The van der Waals surface area contributed by atoms with Crippen LogP contribution in [0.5, 0.6) is 0 Å². The van der Waals surface area contributed by atoms with Gasteiger partial charge in [0.2, 0.25) is 11.2 Å². The SMILES string of the molecule is OCC1CCCC1CNc1nc(Cl)nc(-n2cccn2)n1. The quantitative estimate of drug-likeness (QED) is 0.871. The van der Waals surface area contributed by atoms with Gasteiger partial charge in [0.25, 0.3) is 5.95 Å². The van der Waals surface area contributed by atoms with Gasteiger partial charge in [0, 0.05) is 25.5 Å². The number of aliphatic hydroxyl groups excluding tert-OH is 1. The van der Waals surface area contributed by atoms with Crippen molar-refractivity contribution in [3.05, 3.63) is 23.7 Å². The average molecular weight is 309 g/mol. The first-order chi connectivity index (χ1) is 10.3. The summed E-state index contributed by atoms with van der Waals surface area (Å²) in [5, 5.41) is 16.7. The molecule has 2 aromatic rings. The molecule has 2 N–H and O–H groups in total. The second-order valence-electron chi connectivity index (χ2n) is 5.19. The molecule has 0 amide bonds. The number of halogens is 1. The summed E-state index contributed by atoms with van der Waals surface area (Å²) in [6, 6.07) is 1.79. The molecule has 112 valence electrons. The number of nitrogens with one attached hydrogen (secondary N) is 1. The number of anilines is 1. The van der Waals surface area contributed by atoms with Crippen LogP contribution in [0.1, 0.15) is 19.3 Å². The van der Waals surface area contributed by atoms with Crippen molar-refractivity contribution in [1.82, 2.24) is 24.7 Å². The van der Waals surface area contributed by atoms with Crippen molar-refractivity contribution in [2.75, 3.05) is 18.5 Å². The van der Waals surface area contributed by atoms with Crippen LogP contribution in [0.15, 0.2) is 18.5 Å². The van der Waals surface area contributed by atoms with Gasteiger partial charge in [-0.1, -0.05) is 6.42 Å². The van der Waals surface area contributed by atoms with Crippen molar-refractivity contribution in [1.29, 1.82) is 0 Å². The number of nitrogens with zero attached hydrogens (tertiary/aromatic N) is 5. The van der Waals surface area contributed by atoms with E-state index in [1.165, 1.54) is 4.68 Å². The van der Waals surface area contributed by atoms with Crippen LogP contribution in [0.25, 0.3) is 5.95 Å². The minimum absolute atomic E-state index is 0.128. The minimum atomic E-state index is 0.128. The summed E-state index contributed by atoms with van der Waals surface area (Å²) in [6.07, 6.45) is 6.75. The topological polar surface area (TPSA) is 88.8 Å². The van der Waals surface area contributed by atoms with Gasteiger partial charge in [-0.15, -0.1) is 0 Å². The fourth-order valence-corrected chi connectivity index (χ4v) is 2.91. The molecule has 3 rings (SSSR count). The van der Waals surface area contributed by atoms with E-state index in [2.05, 4.69) is 25.4 Å². The van der Waals surface area contributed by atoms with Gasteiger partial charge in [-0.3, -0.25) is 0 Å². The summed E-state index contributed by atoms with van der Waals surface area (Å²) >= 11 is 5.93. The van der Waals surface area contributed by atoms with Crippen LogP contribution in [0, 0.1) is 11.8 Å². The van der Waals surface area contributed by atoms with Crippen LogP contribution in [0.3, 0.4) is 0 Å². The maximum absolute atomic E-state index is 9.35. The van der Waals surface area contributed by atoms with Crippen LogP contribution < -0.4 is 5.32 Å². The molecule has 1 saturated carbocycles. The first kappa shape index (κ1) is 14.2. The molecule has 1 fully saturated rings. The molecule has 2 atom stereocenters. The lowest BCUT2D eigenvalue weighted by atomic mass is 9.97. The second-order valence-corrected chi connectivity index (χ2v) is 5.53. The number of aliphatic hydroxyl groups is 1. The van der Waals surface area contributed by atoms with Gasteiger partial charge in [-0.05, 0) is 42.3 Å². The van der Waals surface area contributed by atoms with E-state index in [9.17, 15) is 5.11 Å². The monoisotopic (exact) mass is 308 g/mol.